The van der Waals surface area contributed by atoms with Crippen molar-refractivity contribution >= 4 is 11.6 Å². The Morgan fingerprint density at radius 1 is 1.05 bits per heavy atom. The first-order valence-electron chi connectivity index (χ1n) is 7.38. The summed E-state index contributed by atoms with van der Waals surface area (Å²) in [6.45, 7) is 2.03. The van der Waals surface area contributed by atoms with Gasteiger partial charge in [-0.25, -0.2) is 0 Å². The zero-order valence-electron chi connectivity index (χ0n) is 12.5. The van der Waals surface area contributed by atoms with Crippen LogP contribution in [0, 0.1) is 0 Å². The van der Waals surface area contributed by atoms with E-state index in [9.17, 15) is 0 Å². The molecule has 2 N–H and O–H groups in total. The number of nitrogens with zero attached hydrogens (tertiary/aromatic N) is 1. The molecule has 2 aromatic carbocycles. The molecule has 0 radical (unpaired) electrons. The number of rotatable bonds is 7. The lowest BCUT2D eigenvalue weighted by atomic mass is 10.0. The topological polar surface area (TPSA) is 29.3 Å². The maximum absolute atomic E-state index is 6.23. The van der Waals surface area contributed by atoms with Gasteiger partial charge in [0.2, 0.25) is 0 Å². The molecule has 0 fully saturated rings. The van der Waals surface area contributed by atoms with E-state index in [1.54, 1.807) is 0 Å². The molecule has 0 aliphatic rings. The van der Waals surface area contributed by atoms with Crippen molar-refractivity contribution in [3.05, 3.63) is 70.7 Å². The highest BCUT2D eigenvalue weighted by atomic mass is 35.5. The second-order valence-electron chi connectivity index (χ2n) is 5.49. The fourth-order valence-electron chi connectivity index (χ4n) is 2.34. The van der Waals surface area contributed by atoms with Gasteiger partial charge < -0.3 is 10.6 Å². The summed E-state index contributed by atoms with van der Waals surface area (Å²) in [4.78, 5) is 2.33. The van der Waals surface area contributed by atoms with Crippen LogP contribution < -0.4 is 5.73 Å². The Balaban J connectivity index is 1.74. The predicted molar refractivity (Wildman–Crippen MR) is 90.6 cm³/mol. The molecule has 0 saturated carbocycles. The van der Waals surface area contributed by atoms with Gasteiger partial charge in [0, 0.05) is 17.6 Å². The first kappa shape index (κ1) is 16.0. The van der Waals surface area contributed by atoms with Gasteiger partial charge in [0.15, 0.2) is 0 Å². The summed E-state index contributed by atoms with van der Waals surface area (Å²) in [5.41, 5.74) is 8.72. The Hall–Kier alpha value is -1.35. The summed E-state index contributed by atoms with van der Waals surface area (Å²) in [6.07, 6.45) is 2.01. The molecular formula is C18H23ClN2. The smallest absolute Gasteiger partial charge is 0.0409 e. The highest BCUT2D eigenvalue weighted by Crippen LogP contribution is 2.18. The zero-order valence-corrected chi connectivity index (χ0v) is 13.3. The molecule has 0 amide bonds. The van der Waals surface area contributed by atoms with Gasteiger partial charge in [-0.05, 0) is 49.7 Å². The first-order chi connectivity index (χ1) is 10.1. The summed E-state index contributed by atoms with van der Waals surface area (Å²) in [7, 11) is 2.15. The predicted octanol–water partition coefficient (Wildman–Crippen LogP) is 3.90. The lowest BCUT2D eigenvalue weighted by molar-refractivity contribution is 0.322. The number of nitrogens with two attached hydrogens (primary N) is 1. The van der Waals surface area contributed by atoms with Gasteiger partial charge in [0.05, 0.1) is 0 Å². The van der Waals surface area contributed by atoms with Crippen LogP contribution in [0.5, 0.6) is 0 Å². The fourth-order valence-corrected chi connectivity index (χ4v) is 2.54. The van der Waals surface area contributed by atoms with Gasteiger partial charge in [-0.15, -0.1) is 0 Å². The molecule has 0 aliphatic heterocycles. The maximum Gasteiger partial charge on any atom is 0.0409 e. The Bertz CT molecular complexity index is 542. The molecule has 0 saturated heterocycles. The standard InChI is InChI=1S/C18H23ClN2/c1-21(12-10-15-6-3-2-4-7-15)13-11-18(20)16-8-5-9-17(19)14-16/h2-9,14,18H,10-13,20H2,1H3. The average molecular weight is 303 g/mol. The van der Waals surface area contributed by atoms with E-state index in [2.05, 4.69) is 42.3 Å². The Morgan fingerprint density at radius 3 is 2.52 bits per heavy atom. The third kappa shape index (κ3) is 5.50. The molecular weight excluding hydrogens is 280 g/mol. The molecule has 112 valence electrons. The number of hydrogen-bond acceptors (Lipinski definition) is 2. The van der Waals surface area contributed by atoms with E-state index in [1.807, 2.05) is 24.3 Å². The minimum absolute atomic E-state index is 0.0443. The van der Waals surface area contributed by atoms with Crippen LogP contribution >= 0.6 is 11.6 Å². The molecule has 0 aromatic heterocycles. The molecule has 1 unspecified atom stereocenters. The molecule has 0 heterocycles. The van der Waals surface area contributed by atoms with Crippen molar-refractivity contribution in [3.8, 4) is 0 Å². The van der Waals surface area contributed by atoms with E-state index in [0.717, 1.165) is 36.5 Å². The molecule has 2 nitrogen and oxygen atoms in total. The summed E-state index contributed by atoms with van der Waals surface area (Å²) >= 11 is 6.00. The minimum Gasteiger partial charge on any atom is -0.324 e. The van der Waals surface area contributed by atoms with Crippen LogP contribution in [0.3, 0.4) is 0 Å². The van der Waals surface area contributed by atoms with Crippen LogP contribution in [-0.4, -0.2) is 25.0 Å². The van der Waals surface area contributed by atoms with Crippen LogP contribution in [0.25, 0.3) is 0 Å². The third-order valence-corrected chi connectivity index (χ3v) is 3.96. The summed E-state index contributed by atoms with van der Waals surface area (Å²) < 4.78 is 0. The zero-order chi connectivity index (χ0) is 15.1. The van der Waals surface area contributed by atoms with Gasteiger partial charge in [-0.3, -0.25) is 0 Å². The van der Waals surface area contributed by atoms with Gasteiger partial charge in [-0.2, -0.15) is 0 Å². The van der Waals surface area contributed by atoms with Crippen molar-refractivity contribution in [2.24, 2.45) is 5.73 Å². The minimum atomic E-state index is 0.0443. The van der Waals surface area contributed by atoms with Crippen molar-refractivity contribution in [1.82, 2.24) is 4.90 Å². The van der Waals surface area contributed by atoms with E-state index >= 15 is 0 Å². The molecule has 2 rings (SSSR count). The molecule has 21 heavy (non-hydrogen) atoms. The van der Waals surface area contributed by atoms with Crippen molar-refractivity contribution in [2.45, 2.75) is 18.9 Å². The summed E-state index contributed by atoms with van der Waals surface area (Å²) in [6, 6.07) is 18.4. The fraction of sp³-hybridized carbons (Fsp3) is 0.333. The molecule has 3 heteroatoms. The lowest BCUT2D eigenvalue weighted by Gasteiger charge is -2.19. The number of hydrogen-bond donors (Lipinski definition) is 1. The highest BCUT2D eigenvalue weighted by molar-refractivity contribution is 6.30. The van der Waals surface area contributed by atoms with Gasteiger partial charge >= 0.3 is 0 Å². The highest BCUT2D eigenvalue weighted by Gasteiger charge is 2.08. The number of likely N-dealkylation sites (N-methyl/N-ethyl adjacent to an activating group) is 1. The second kappa shape index (κ2) is 8.18. The number of halogens is 1. The van der Waals surface area contributed by atoms with Crippen LogP contribution in [0.4, 0.5) is 0 Å². The molecule has 2 aromatic rings. The summed E-state index contributed by atoms with van der Waals surface area (Å²) in [5.74, 6) is 0. The second-order valence-corrected chi connectivity index (χ2v) is 5.93. The summed E-state index contributed by atoms with van der Waals surface area (Å²) in [5, 5.41) is 0.750. The van der Waals surface area contributed by atoms with E-state index in [0.29, 0.717) is 0 Å². The van der Waals surface area contributed by atoms with Crippen molar-refractivity contribution in [3.63, 3.8) is 0 Å². The Labute approximate surface area is 132 Å². The SMILES string of the molecule is CN(CCc1ccccc1)CCC(N)c1cccc(Cl)c1. The normalized spacial score (nSPS) is 12.6. The van der Waals surface area contributed by atoms with Gasteiger partial charge in [0.1, 0.15) is 0 Å². The molecule has 0 spiro atoms. The largest absolute Gasteiger partial charge is 0.324 e. The first-order valence-corrected chi connectivity index (χ1v) is 7.76. The van der Waals surface area contributed by atoms with Crippen LogP contribution in [0.2, 0.25) is 5.02 Å². The van der Waals surface area contributed by atoms with E-state index in [4.69, 9.17) is 17.3 Å². The molecule has 0 bridgehead atoms. The Kier molecular flexibility index (Phi) is 6.24. The van der Waals surface area contributed by atoms with Crippen molar-refractivity contribution in [2.75, 3.05) is 20.1 Å². The van der Waals surface area contributed by atoms with E-state index < -0.39 is 0 Å². The molecule has 1 atom stereocenters. The van der Waals surface area contributed by atoms with E-state index in [1.165, 1.54) is 5.56 Å². The van der Waals surface area contributed by atoms with Crippen LogP contribution in [0.15, 0.2) is 54.6 Å². The number of benzene rings is 2. The lowest BCUT2D eigenvalue weighted by Crippen LogP contribution is -2.25. The van der Waals surface area contributed by atoms with Gasteiger partial charge in [0.25, 0.3) is 0 Å². The quantitative estimate of drug-likeness (QED) is 0.840. The van der Waals surface area contributed by atoms with Crippen LogP contribution in [-0.2, 0) is 6.42 Å². The molecule has 0 aliphatic carbocycles. The van der Waals surface area contributed by atoms with Gasteiger partial charge in [-0.1, -0.05) is 54.1 Å². The van der Waals surface area contributed by atoms with Crippen molar-refractivity contribution < 1.29 is 0 Å². The maximum atomic E-state index is 6.23. The van der Waals surface area contributed by atoms with Crippen LogP contribution in [0.1, 0.15) is 23.6 Å². The average Bonchev–Trinajstić information content (AvgIpc) is 2.51. The monoisotopic (exact) mass is 302 g/mol. The third-order valence-electron chi connectivity index (χ3n) is 3.72. The van der Waals surface area contributed by atoms with E-state index in [-0.39, 0.29) is 6.04 Å². The Morgan fingerprint density at radius 2 is 1.81 bits per heavy atom. The van der Waals surface area contributed by atoms with Crippen molar-refractivity contribution in [1.29, 1.82) is 0 Å².